The molecule has 2 N–H and O–H groups in total. The lowest BCUT2D eigenvalue weighted by molar-refractivity contribution is -0.120. The molecule has 2 aliphatic rings. The molecule has 1 heterocycles. The van der Waals surface area contributed by atoms with Gasteiger partial charge in [-0.15, -0.1) is 23.2 Å². The molecule has 4 nitrogen and oxygen atoms in total. The Morgan fingerprint density at radius 1 is 1.47 bits per heavy atom. The van der Waals surface area contributed by atoms with E-state index < -0.39 is 9.75 Å². The van der Waals surface area contributed by atoms with Crippen molar-refractivity contribution < 1.29 is 4.79 Å². The van der Waals surface area contributed by atoms with E-state index in [1.54, 1.807) is 6.92 Å². The van der Waals surface area contributed by atoms with Gasteiger partial charge >= 0.3 is 0 Å². The molecule has 0 aliphatic heterocycles. The Labute approximate surface area is 122 Å². The lowest BCUT2D eigenvalue weighted by Gasteiger charge is -2.10. The van der Waals surface area contributed by atoms with Crippen LogP contribution in [0.5, 0.6) is 0 Å². The summed E-state index contributed by atoms with van der Waals surface area (Å²) in [6.07, 6.45) is 5.41. The second-order valence-electron chi connectivity index (χ2n) is 5.86. The maximum Gasteiger partial charge on any atom is 0.234 e. The van der Waals surface area contributed by atoms with Gasteiger partial charge in [0.15, 0.2) is 5.82 Å². The average molecular weight is 302 g/mol. The topological polar surface area (TPSA) is 57.8 Å². The number of alkyl halides is 2. The van der Waals surface area contributed by atoms with Crippen molar-refractivity contribution in [3.8, 4) is 0 Å². The molecule has 0 bridgehead atoms. The van der Waals surface area contributed by atoms with E-state index in [-0.39, 0.29) is 5.91 Å². The Morgan fingerprint density at radius 2 is 2.11 bits per heavy atom. The first-order chi connectivity index (χ1) is 8.92. The summed E-state index contributed by atoms with van der Waals surface area (Å²) in [5.41, 5.74) is 0.402. The van der Waals surface area contributed by atoms with Crippen LogP contribution in [0.25, 0.3) is 0 Å². The largest absolute Gasteiger partial charge is 0.309 e. The van der Waals surface area contributed by atoms with E-state index in [1.807, 2.05) is 6.07 Å². The Kier molecular flexibility index (Phi) is 3.06. The SMILES string of the molecule is CC1(C(=O)Nc2cc(C3CCCC3)[nH]n2)CC1(Cl)Cl. The Bertz CT molecular complexity index is 508. The van der Waals surface area contributed by atoms with Gasteiger partial charge in [-0.25, -0.2) is 0 Å². The number of hydrogen-bond donors (Lipinski definition) is 2. The number of H-pyrrole nitrogens is 1. The van der Waals surface area contributed by atoms with E-state index in [1.165, 1.54) is 25.7 Å². The monoisotopic (exact) mass is 301 g/mol. The van der Waals surface area contributed by atoms with Crippen LogP contribution in [0.2, 0.25) is 0 Å². The second kappa shape index (κ2) is 4.38. The molecule has 2 aliphatic carbocycles. The van der Waals surface area contributed by atoms with E-state index in [9.17, 15) is 4.79 Å². The molecule has 1 atom stereocenters. The zero-order chi connectivity index (χ0) is 13.7. The normalized spacial score (nSPS) is 29.4. The molecule has 0 aromatic carbocycles. The minimum absolute atomic E-state index is 0.165. The first-order valence-corrected chi connectivity index (χ1v) is 7.42. The predicted octanol–water partition coefficient (Wildman–Crippen LogP) is 3.59. The summed E-state index contributed by atoms with van der Waals surface area (Å²) in [5.74, 6) is 0.945. The molecule has 0 spiro atoms. The number of carbonyl (C=O) groups is 1. The lowest BCUT2D eigenvalue weighted by Crippen LogP contribution is -2.26. The van der Waals surface area contributed by atoms with Crippen LogP contribution in [0.4, 0.5) is 5.82 Å². The summed E-state index contributed by atoms with van der Waals surface area (Å²) in [7, 11) is 0. The van der Waals surface area contributed by atoms with Crippen LogP contribution in [0, 0.1) is 5.41 Å². The zero-order valence-corrected chi connectivity index (χ0v) is 12.3. The van der Waals surface area contributed by atoms with Gasteiger partial charge in [-0.05, 0) is 26.2 Å². The maximum absolute atomic E-state index is 12.1. The quantitative estimate of drug-likeness (QED) is 0.838. The number of rotatable bonds is 3. The van der Waals surface area contributed by atoms with Gasteiger partial charge in [0, 0.05) is 17.7 Å². The number of amides is 1. The molecule has 1 amide bonds. The number of aromatic amines is 1. The highest BCUT2D eigenvalue weighted by molar-refractivity contribution is 6.53. The first kappa shape index (κ1) is 13.3. The second-order valence-corrected chi connectivity index (χ2v) is 7.34. The predicted molar refractivity (Wildman–Crippen MR) is 75.6 cm³/mol. The molecular weight excluding hydrogens is 285 g/mol. The van der Waals surface area contributed by atoms with Crippen LogP contribution in [0.1, 0.15) is 50.6 Å². The number of halogens is 2. The van der Waals surface area contributed by atoms with Crippen molar-refractivity contribution in [3.05, 3.63) is 11.8 Å². The van der Waals surface area contributed by atoms with Crippen molar-refractivity contribution >= 4 is 34.9 Å². The van der Waals surface area contributed by atoms with Crippen molar-refractivity contribution in [2.24, 2.45) is 5.41 Å². The third-order valence-electron chi connectivity index (χ3n) is 4.39. The smallest absolute Gasteiger partial charge is 0.234 e. The highest BCUT2D eigenvalue weighted by atomic mass is 35.5. The van der Waals surface area contributed by atoms with E-state index in [0.29, 0.717) is 18.2 Å². The fourth-order valence-electron chi connectivity index (χ4n) is 2.75. The molecule has 0 saturated heterocycles. The zero-order valence-electron chi connectivity index (χ0n) is 10.8. The number of carbonyl (C=O) groups excluding carboxylic acids is 1. The van der Waals surface area contributed by atoms with Gasteiger partial charge in [-0.2, -0.15) is 5.10 Å². The molecule has 104 valence electrons. The molecule has 2 fully saturated rings. The third kappa shape index (κ3) is 2.25. The van der Waals surface area contributed by atoms with E-state index in [4.69, 9.17) is 23.2 Å². The standard InChI is InChI=1S/C13H17Cl2N3O/c1-12(7-13(12,14)15)11(19)16-10-6-9(17-18-10)8-4-2-3-5-8/h6,8H,2-5,7H2,1H3,(H2,16,17,18,19). The minimum atomic E-state index is -0.943. The first-order valence-electron chi connectivity index (χ1n) is 6.67. The molecule has 2 saturated carbocycles. The van der Waals surface area contributed by atoms with Gasteiger partial charge < -0.3 is 5.32 Å². The van der Waals surface area contributed by atoms with Gasteiger partial charge in [0.25, 0.3) is 0 Å². The average Bonchev–Trinajstić information content (AvgIpc) is 2.83. The Morgan fingerprint density at radius 3 is 2.68 bits per heavy atom. The van der Waals surface area contributed by atoms with Gasteiger partial charge in [0.05, 0.1) is 5.41 Å². The third-order valence-corrected chi connectivity index (χ3v) is 5.49. The van der Waals surface area contributed by atoms with Crippen molar-refractivity contribution in [3.63, 3.8) is 0 Å². The number of anilines is 1. The molecule has 3 rings (SSSR count). The molecule has 1 aromatic rings. The maximum atomic E-state index is 12.1. The van der Waals surface area contributed by atoms with Gasteiger partial charge in [0.2, 0.25) is 5.91 Å². The van der Waals surface area contributed by atoms with E-state index in [0.717, 1.165) is 5.69 Å². The minimum Gasteiger partial charge on any atom is -0.309 e. The molecule has 1 unspecified atom stereocenters. The van der Waals surface area contributed by atoms with Crippen molar-refractivity contribution in [2.45, 2.75) is 49.3 Å². The lowest BCUT2D eigenvalue weighted by atomic mass is 10.0. The van der Waals surface area contributed by atoms with Crippen molar-refractivity contribution in [1.82, 2.24) is 10.2 Å². The molecule has 1 aromatic heterocycles. The number of aromatic nitrogens is 2. The highest BCUT2D eigenvalue weighted by Crippen LogP contribution is 2.64. The Hall–Kier alpha value is -0.740. The number of nitrogens with one attached hydrogen (secondary N) is 2. The number of nitrogens with zero attached hydrogens (tertiary/aromatic N) is 1. The van der Waals surface area contributed by atoms with Crippen molar-refractivity contribution in [1.29, 1.82) is 0 Å². The molecule has 6 heteroatoms. The molecule has 0 radical (unpaired) electrons. The van der Waals surface area contributed by atoms with Crippen LogP contribution in [-0.2, 0) is 4.79 Å². The van der Waals surface area contributed by atoms with Gasteiger partial charge in [-0.1, -0.05) is 12.8 Å². The van der Waals surface area contributed by atoms with E-state index in [2.05, 4.69) is 15.5 Å². The summed E-state index contributed by atoms with van der Waals surface area (Å²) in [5, 5.41) is 9.96. The summed E-state index contributed by atoms with van der Waals surface area (Å²) < 4.78 is -0.943. The van der Waals surface area contributed by atoms with Crippen LogP contribution >= 0.6 is 23.2 Å². The summed E-state index contributed by atoms with van der Waals surface area (Å²) in [6, 6.07) is 1.92. The number of hydrogen-bond acceptors (Lipinski definition) is 2. The van der Waals surface area contributed by atoms with Gasteiger partial charge in [-0.3, -0.25) is 9.89 Å². The summed E-state index contributed by atoms with van der Waals surface area (Å²) >= 11 is 12.0. The fourth-order valence-corrected chi connectivity index (χ4v) is 3.45. The summed E-state index contributed by atoms with van der Waals surface area (Å²) in [6.45, 7) is 1.77. The summed E-state index contributed by atoms with van der Waals surface area (Å²) in [4.78, 5) is 12.1. The Balaban J connectivity index is 1.66. The van der Waals surface area contributed by atoms with Crippen LogP contribution in [0.3, 0.4) is 0 Å². The van der Waals surface area contributed by atoms with Crippen LogP contribution in [-0.4, -0.2) is 20.4 Å². The van der Waals surface area contributed by atoms with Crippen LogP contribution in [0.15, 0.2) is 6.07 Å². The molecular formula is C13H17Cl2N3O. The van der Waals surface area contributed by atoms with Crippen LogP contribution < -0.4 is 5.32 Å². The highest BCUT2D eigenvalue weighted by Gasteiger charge is 2.68. The van der Waals surface area contributed by atoms with Crippen molar-refractivity contribution in [2.75, 3.05) is 5.32 Å². The fraction of sp³-hybridized carbons (Fsp3) is 0.692. The van der Waals surface area contributed by atoms with Gasteiger partial charge in [0.1, 0.15) is 4.33 Å². The molecule has 19 heavy (non-hydrogen) atoms. The van der Waals surface area contributed by atoms with E-state index >= 15 is 0 Å².